The van der Waals surface area contributed by atoms with Crippen molar-refractivity contribution < 1.29 is 9.13 Å². The lowest BCUT2D eigenvalue weighted by molar-refractivity contribution is 0.340. The first-order valence-corrected chi connectivity index (χ1v) is 10.7. The van der Waals surface area contributed by atoms with Crippen molar-refractivity contribution >= 4 is 22.7 Å². The normalized spacial score (nSPS) is 11.1. The van der Waals surface area contributed by atoms with E-state index in [4.69, 9.17) is 4.74 Å². The summed E-state index contributed by atoms with van der Waals surface area (Å²) in [5, 5.41) is 10.6. The first kappa shape index (κ1) is 20.1. The standard InChI is InChI=1S/C23H17FN6OS/c1-2-31-18-8-6-17(7-9-18)30-21(15-4-3-11-25-13-15)28-29-23(30)32-22-19-12-16(24)5-10-20(19)26-14-27-22/h3-14H,2H2,1H3. The first-order valence-electron chi connectivity index (χ1n) is 9.90. The molecule has 9 heteroatoms. The minimum atomic E-state index is -0.349. The molecule has 0 saturated carbocycles. The van der Waals surface area contributed by atoms with E-state index in [1.165, 1.54) is 30.2 Å². The van der Waals surface area contributed by atoms with Crippen LogP contribution in [0.4, 0.5) is 4.39 Å². The van der Waals surface area contributed by atoms with Crippen molar-refractivity contribution in [2.45, 2.75) is 17.1 Å². The molecule has 0 saturated heterocycles. The van der Waals surface area contributed by atoms with Gasteiger partial charge in [0.15, 0.2) is 5.82 Å². The predicted octanol–water partition coefficient (Wildman–Crippen LogP) is 4.96. The summed E-state index contributed by atoms with van der Waals surface area (Å²) in [4.78, 5) is 12.8. The van der Waals surface area contributed by atoms with Crippen LogP contribution in [0.2, 0.25) is 0 Å². The number of pyridine rings is 1. The van der Waals surface area contributed by atoms with Crippen LogP contribution in [-0.2, 0) is 0 Å². The summed E-state index contributed by atoms with van der Waals surface area (Å²) in [7, 11) is 0. The first-order chi connectivity index (χ1) is 15.7. The van der Waals surface area contributed by atoms with Crippen LogP contribution in [0.3, 0.4) is 0 Å². The molecule has 3 heterocycles. The SMILES string of the molecule is CCOc1ccc(-n2c(Sc3ncnc4ccc(F)cc34)nnc2-c2cccnc2)cc1. The molecule has 0 unspecified atom stereocenters. The van der Waals surface area contributed by atoms with Gasteiger partial charge in [0.2, 0.25) is 5.16 Å². The van der Waals surface area contributed by atoms with Crippen LogP contribution in [0.5, 0.6) is 5.75 Å². The highest BCUT2D eigenvalue weighted by Gasteiger charge is 2.19. The third-order valence-corrected chi connectivity index (χ3v) is 5.67. The van der Waals surface area contributed by atoms with Crippen LogP contribution in [0, 0.1) is 5.82 Å². The fourth-order valence-electron chi connectivity index (χ4n) is 3.28. The maximum atomic E-state index is 13.9. The fraction of sp³-hybridized carbons (Fsp3) is 0.0870. The molecule has 0 aliphatic carbocycles. The molecule has 0 spiro atoms. The summed E-state index contributed by atoms with van der Waals surface area (Å²) in [6.07, 6.45) is 4.90. The Morgan fingerprint density at radius 3 is 2.69 bits per heavy atom. The van der Waals surface area contributed by atoms with E-state index in [2.05, 4.69) is 25.1 Å². The summed E-state index contributed by atoms with van der Waals surface area (Å²) < 4.78 is 21.4. The quantitative estimate of drug-likeness (QED) is 0.343. The Morgan fingerprint density at radius 1 is 1.03 bits per heavy atom. The van der Waals surface area contributed by atoms with E-state index in [1.807, 2.05) is 47.9 Å². The molecule has 2 aromatic carbocycles. The summed E-state index contributed by atoms with van der Waals surface area (Å²) in [5.41, 5.74) is 2.33. The number of ether oxygens (including phenoxy) is 1. The molecule has 5 rings (SSSR count). The lowest BCUT2D eigenvalue weighted by atomic mass is 10.2. The maximum Gasteiger partial charge on any atom is 0.202 e. The van der Waals surface area contributed by atoms with Crippen LogP contribution < -0.4 is 4.74 Å². The van der Waals surface area contributed by atoms with E-state index in [0.29, 0.717) is 33.5 Å². The number of rotatable bonds is 6. The molecule has 0 amide bonds. The summed E-state index contributed by atoms with van der Waals surface area (Å²) >= 11 is 1.30. The van der Waals surface area contributed by atoms with Crippen molar-refractivity contribution in [3.05, 3.63) is 79.1 Å². The second-order valence-corrected chi connectivity index (χ2v) is 7.71. The number of benzene rings is 2. The zero-order valence-corrected chi connectivity index (χ0v) is 17.8. The van der Waals surface area contributed by atoms with Gasteiger partial charge in [-0.2, -0.15) is 0 Å². The average molecular weight is 444 g/mol. The van der Waals surface area contributed by atoms with Crippen molar-refractivity contribution in [1.29, 1.82) is 0 Å². The second kappa shape index (κ2) is 8.72. The van der Waals surface area contributed by atoms with E-state index < -0.39 is 0 Å². The maximum absolute atomic E-state index is 13.9. The Balaban J connectivity index is 1.63. The minimum Gasteiger partial charge on any atom is -0.494 e. The highest BCUT2D eigenvalue weighted by Crippen LogP contribution is 2.34. The van der Waals surface area contributed by atoms with Gasteiger partial charge in [-0.1, -0.05) is 0 Å². The molecule has 158 valence electrons. The smallest absolute Gasteiger partial charge is 0.202 e. The Hall–Kier alpha value is -3.85. The van der Waals surface area contributed by atoms with Gasteiger partial charge in [0, 0.05) is 23.3 Å². The van der Waals surface area contributed by atoms with Gasteiger partial charge < -0.3 is 4.74 Å². The lowest BCUT2D eigenvalue weighted by Gasteiger charge is -2.11. The summed E-state index contributed by atoms with van der Waals surface area (Å²) in [5.74, 6) is 1.06. The van der Waals surface area contributed by atoms with Crippen molar-refractivity contribution in [3.8, 4) is 22.8 Å². The van der Waals surface area contributed by atoms with Crippen molar-refractivity contribution in [3.63, 3.8) is 0 Å². The van der Waals surface area contributed by atoms with Gasteiger partial charge in [-0.15, -0.1) is 10.2 Å². The molecule has 0 fully saturated rings. The molecule has 0 bridgehead atoms. The highest BCUT2D eigenvalue weighted by atomic mass is 32.2. The van der Waals surface area contributed by atoms with Crippen molar-refractivity contribution in [1.82, 2.24) is 29.7 Å². The topological polar surface area (TPSA) is 78.6 Å². The summed E-state index contributed by atoms with van der Waals surface area (Å²) in [6, 6.07) is 15.9. The van der Waals surface area contributed by atoms with E-state index >= 15 is 0 Å². The number of halogens is 1. The predicted molar refractivity (Wildman–Crippen MR) is 119 cm³/mol. The molecule has 5 aromatic rings. The fourth-order valence-corrected chi connectivity index (χ4v) is 4.19. The third kappa shape index (κ3) is 3.90. The van der Waals surface area contributed by atoms with Crippen LogP contribution in [-0.4, -0.2) is 36.3 Å². The van der Waals surface area contributed by atoms with Crippen molar-refractivity contribution in [2.24, 2.45) is 0 Å². The monoisotopic (exact) mass is 444 g/mol. The zero-order valence-electron chi connectivity index (χ0n) is 17.0. The Morgan fingerprint density at radius 2 is 1.91 bits per heavy atom. The molecule has 0 radical (unpaired) electrons. The molecule has 7 nitrogen and oxygen atoms in total. The molecule has 0 N–H and O–H groups in total. The number of hydrogen-bond acceptors (Lipinski definition) is 7. The van der Waals surface area contributed by atoms with Gasteiger partial charge in [-0.3, -0.25) is 9.55 Å². The number of nitrogens with zero attached hydrogens (tertiary/aromatic N) is 6. The second-order valence-electron chi connectivity index (χ2n) is 6.75. The molecule has 0 aliphatic heterocycles. The molecule has 0 atom stereocenters. The minimum absolute atomic E-state index is 0.349. The van der Waals surface area contributed by atoms with Gasteiger partial charge in [0.25, 0.3) is 0 Å². The molecule has 0 aliphatic rings. The number of aromatic nitrogens is 6. The highest BCUT2D eigenvalue weighted by molar-refractivity contribution is 7.99. The van der Waals surface area contributed by atoms with E-state index in [-0.39, 0.29) is 5.82 Å². The van der Waals surface area contributed by atoms with Crippen LogP contribution >= 0.6 is 11.8 Å². The lowest BCUT2D eigenvalue weighted by Crippen LogP contribution is -2.01. The molecular weight excluding hydrogens is 427 g/mol. The number of hydrogen-bond donors (Lipinski definition) is 0. The van der Waals surface area contributed by atoms with Crippen LogP contribution in [0.25, 0.3) is 28.0 Å². The van der Waals surface area contributed by atoms with Gasteiger partial charge >= 0.3 is 0 Å². The third-order valence-electron chi connectivity index (χ3n) is 4.71. The van der Waals surface area contributed by atoms with E-state index in [1.54, 1.807) is 18.5 Å². The molecule has 3 aromatic heterocycles. The average Bonchev–Trinajstić information content (AvgIpc) is 3.24. The van der Waals surface area contributed by atoms with Crippen molar-refractivity contribution in [2.75, 3.05) is 6.61 Å². The largest absolute Gasteiger partial charge is 0.494 e. The number of fused-ring (bicyclic) bond motifs is 1. The molecule has 32 heavy (non-hydrogen) atoms. The van der Waals surface area contributed by atoms with Crippen LogP contribution in [0.15, 0.2) is 83.5 Å². The van der Waals surface area contributed by atoms with E-state index in [0.717, 1.165) is 17.0 Å². The Kier molecular flexibility index (Phi) is 5.47. The van der Waals surface area contributed by atoms with Gasteiger partial charge in [-0.05, 0) is 73.3 Å². The Labute approximate surface area is 187 Å². The van der Waals surface area contributed by atoms with Gasteiger partial charge in [0.05, 0.1) is 17.8 Å². The zero-order chi connectivity index (χ0) is 21.9. The van der Waals surface area contributed by atoms with Gasteiger partial charge in [-0.25, -0.2) is 14.4 Å². The van der Waals surface area contributed by atoms with Gasteiger partial charge in [0.1, 0.15) is 22.9 Å². The van der Waals surface area contributed by atoms with E-state index in [9.17, 15) is 4.39 Å². The summed E-state index contributed by atoms with van der Waals surface area (Å²) in [6.45, 7) is 2.53. The molecular formula is C23H17FN6OS. The Bertz CT molecular complexity index is 1370. The van der Waals surface area contributed by atoms with Crippen LogP contribution in [0.1, 0.15) is 6.92 Å².